The van der Waals surface area contributed by atoms with Gasteiger partial charge in [-0.3, -0.25) is 4.98 Å². The molecule has 9 heteroatoms. The average molecular weight is 459 g/mol. The number of phenolic OH excluding ortho intramolecular Hbond substituents is 1. The number of hydrogen-bond acceptors (Lipinski definition) is 8. The number of hydrogen-bond donors (Lipinski definition) is 2. The van der Waals surface area contributed by atoms with Crippen LogP contribution < -0.4 is 10.2 Å². The molecule has 4 heterocycles. The third kappa shape index (κ3) is 4.31. The highest BCUT2D eigenvalue weighted by molar-refractivity contribution is 5.72. The van der Waals surface area contributed by atoms with Gasteiger partial charge in [-0.25, -0.2) is 9.97 Å². The second kappa shape index (κ2) is 8.02. The number of benzene rings is 1. The quantitative estimate of drug-likeness (QED) is 0.477. The van der Waals surface area contributed by atoms with Crippen molar-refractivity contribution >= 4 is 11.6 Å². The number of fused-ring (bicyclic) bond motifs is 1. The number of phenols is 1. The van der Waals surface area contributed by atoms with Gasteiger partial charge in [0.15, 0.2) is 5.65 Å². The van der Waals surface area contributed by atoms with E-state index in [1.54, 1.807) is 24.7 Å². The molecule has 1 aliphatic rings. The van der Waals surface area contributed by atoms with Crippen molar-refractivity contribution in [2.75, 3.05) is 11.9 Å². The first kappa shape index (κ1) is 22.2. The first-order valence-corrected chi connectivity index (χ1v) is 11.4. The smallest absolute Gasteiger partial charge is 0.245 e. The Bertz CT molecular complexity index is 1310. The molecule has 3 aromatic heterocycles. The van der Waals surface area contributed by atoms with Crippen LogP contribution in [0.15, 0.2) is 49.2 Å². The molecule has 0 bridgehead atoms. The van der Waals surface area contributed by atoms with E-state index >= 15 is 0 Å². The summed E-state index contributed by atoms with van der Waals surface area (Å²) in [6, 6.07) is 5.70. The molecule has 1 saturated heterocycles. The number of imidazole rings is 1. The van der Waals surface area contributed by atoms with Gasteiger partial charge in [-0.15, -0.1) is 10.2 Å². The number of nitrogens with one attached hydrogen (secondary N) is 1. The van der Waals surface area contributed by atoms with Crippen LogP contribution in [0.4, 0.5) is 5.95 Å². The molecule has 9 nitrogen and oxygen atoms in total. The summed E-state index contributed by atoms with van der Waals surface area (Å²) in [4.78, 5) is 15.3. The minimum absolute atomic E-state index is 0.0266. The van der Waals surface area contributed by atoms with Crippen molar-refractivity contribution in [1.82, 2.24) is 34.9 Å². The molecule has 0 radical (unpaired) electrons. The Kier molecular flexibility index (Phi) is 5.24. The lowest BCUT2D eigenvalue weighted by molar-refractivity contribution is 0.160. The summed E-state index contributed by atoms with van der Waals surface area (Å²) in [5, 5.41) is 23.2. The van der Waals surface area contributed by atoms with Gasteiger partial charge in [-0.2, -0.15) is 0 Å². The number of rotatable bonds is 4. The standard InChI is InChI=1S/C25H30N8O/c1-24(2)11-17(12-25(3,4)31-24)32(5)23-28-13-19(29-30-23)18-7-6-16(10-21(18)34)20-15-33-9-8-26-22(33)14-27-20/h6-10,13-15,17,31,34H,11-12H2,1-5H3. The maximum Gasteiger partial charge on any atom is 0.245 e. The van der Waals surface area contributed by atoms with Crippen molar-refractivity contribution < 1.29 is 5.11 Å². The molecule has 2 N–H and O–H groups in total. The number of anilines is 1. The SMILES string of the molecule is CN(c1ncc(-c2ccc(-c3cn4ccnc4cn3)cc2O)nn1)C1CC(C)(C)NC(C)(C)C1. The summed E-state index contributed by atoms with van der Waals surface area (Å²) in [5.41, 5.74) is 3.45. The van der Waals surface area contributed by atoms with Gasteiger partial charge in [0.05, 0.1) is 18.1 Å². The van der Waals surface area contributed by atoms with E-state index in [0.717, 1.165) is 29.7 Å². The minimum Gasteiger partial charge on any atom is -0.507 e. The molecule has 4 aromatic rings. The largest absolute Gasteiger partial charge is 0.507 e. The monoisotopic (exact) mass is 458 g/mol. The molecule has 0 atom stereocenters. The van der Waals surface area contributed by atoms with Crippen molar-refractivity contribution in [3.63, 3.8) is 0 Å². The Hall–Kier alpha value is -3.59. The molecule has 0 unspecified atom stereocenters. The van der Waals surface area contributed by atoms with Crippen molar-refractivity contribution in [1.29, 1.82) is 0 Å². The molecule has 5 rings (SSSR count). The van der Waals surface area contributed by atoms with Crippen molar-refractivity contribution in [3.05, 3.63) is 49.2 Å². The van der Waals surface area contributed by atoms with E-state index in [0.29, 0.717) is 23.2 Å². The van der Waals surface area contributed by atoms with E-state index in [2.05, 4.69) is 63.1 Å². The molecule has 0 amide bonds. The minimum atomic E-state index is 0.0266. The van der Waals surface area contributed by atoms with Crippen LogP contribution in [0.1, 0.15) is 40.5 Å². The summed E-state index contributed by atoms with van der Waals surface area (Å²) < 4.78 is 1.89. The molecular formula is C25H30N8O. The van der Waals surface area contributed by atoms with Crippen molar-refractivity contribution in [2.45, 2.75) is 57.7 Å². The maximum absolute atomic E-state index is 10.7. The Morgan fingerprint density at radius 1 is 1.00 bits per heavy atom. The van der Waals surface area contributed by atoms with Crippen LogP contribution in [0.3, 0.4) is 0 Å². The summed E-state index contributed by atoms with van der Waals surface area (Å²) in [5.74, 6) is 0.681. The molecule has 176 valence electrons. The Labute approximate surface area is 198 Å². The third-order valence-corrected chi connectivity index (χ3v) is 6.43. The Balaban J connectivity index is 1.37. The van der Waals surface area contributed by atoms with Crippen LogP contribution in [0.5, 0.6) is 5.75 Å². The fourth-order valence-corrected chi connectivity index (χ4v) is 5.14. The molecule has 0 spiro atoms. The summed E-state index contributed by atoms with van der Waals surface area (Å²) in [6.45, 7) is 8.91. The lowest BCUT2D eigenvalue weighted by atomic mass is 9.79. The molecule has 1 aromatic carbocycles. The highest BCUT2D eigenvalue weighted by Crippen LogP contribution is 2.34. The van der Waals surface area contributed by atoms with Gasteiger partial charge in [0, 0.05) is 53.9 Å². The van der Waals surface area contributed by atoms with Crippen LogP contribution in [0, 0.1) is 0 Å². The topological polar surface area (TPSA) is 104 Å². The van der Waals surface area contributed by atoms with E-state index in [1.807, 2.05) is 36.0 Å². The van der Waals surface area contributed by atoms with Gasteiger partial charge in [0.1, 0.15) is 11.4 Å². The van der Waals surface area contributed by atoms with Gasteiger partial charge in [-0.1, -0.05) is 6.07 Å². The normalized spacial score (nSPS) is 17.7. The van der Waals surface area contributed by atoms with Gasteiger partial charge in [-0.05, 0) is 52.7 Å². The predicted molar refractivity (Wildman–Crippen MR) is 132 cm³/mol. The second-order valence-electron chi connectivity index (χ2n) is 10.4. The van der Waals surface area contributed by atoms with E-state index in [9.17, 15) is 5.11 Å². The predicted octanol–water partition coefficient (Wildman–Crippen LogP) is 3.70. The van der Waals surface area contributed by atoms with Gasteiger partial charge >= 0.3 is 0 Å². The number of aromatic nitrogens is 6. The molecule has 0 saturated carbocycles. The zero-order valence-electron chi connectivity index (χ0n) is 20.2. The van der Waals surface area contributed by atoms with Gasteiger partial charge in [0.25, 0.3) is 0 Å². The third-order valence-electron chi connectivity index (χ3n) is 6.43. The van der Waals surface area contributed by atoms with Crippen LogP contribution in [-0.4, -0.2) is 58.8 Å². The lowest BCUT2D eigenvalue weighted by Gasteiger charge is -2.48. The number of piperidine rings is 1. The van der Waals surface area contributed by atoms with Gasteiger partial charge in [0.2, 0.25) is 5.95 Å². The molecular weight excluding hydrogens is 428 g/mol. The number of aromatic hydroxyl groups is 1. The number of nitrogens with zero attached hydrogens (tertiary/aromatic N) is 7. The Morgan fingerprint density at radius 3 is 2.44 bits per heavy atom. The van der Waals surface area contributed by atoms with Gasteiger partial charge < -0.3 is 19.7 Å². The lowest BCUT2D eigenvalue weighted by Crippen LogP contribution is -2.62. The maximum atomic E-state index is 10.7. The molecule has 0 aliphatic carbocycles. The van der Waals surface area contributed by atoms with E-state index in [1.165, 1.54) is 0 Å². The highest BCUT2D eigenvalue weighted by atomic mass is 16.3. The van der Waals surface area contributed by atoms with Crippen LogP contribution in [0.25, 0.3) is 28.2 Å². The summed E-state index contributed by atoms with van der Waals surface area (Å²) in [7, 11) is 2.02. The zero-order chi connectivity index (χ0) is 24.1. The molecule has 34 heavy (non-hydrogen) atoms. The Morgan fingerprint density at radius 2 is 1.76 bits per heavy atom. The summed E-state index contributed by atoms with van der Waals surface area (Å²) >= 11 is 0. The fourth-order valence-electron chi connectivity index (χ4n) is 5.14. The second-order valence-corrected chi connectivity index (χ2v) is 10.4. The fraction of sp³-hybridized carbons (Fsp3) is 0.400. The van der Waals surface area contributed by atoms with E-state index in [4.69, 9.17) is 0 Å². The zero-order valence-corrected chi connectivity index (χ0v) is 20.2. The van der Waals surface area contributed by atoms with Crippen LogP contribution >= 0.6 is 0 Å². The van der Waals surface area contributed by atoms with Crippen LogP contribution in [-0.2, 0) is 0 Å². The molecule has 1 aliphatic heterocycles. The van der Waals surface area contributed by atoms with E-state index in [-0.39, 0.29) is 16.8 Å². The molecule has 1 fully saturated rings. The van der Waals surface area contributed by atoms with Crippen LogP contribution in [0.2, 0.25) is 0 Å². The average Bonchev–Trinajstić information content (AvgIpc) is 3.24. The summed E-state index contributed by atoms with van der Waals surface area (Å²) in [6.07, 6.45) is 10.8. The van der Waals surface area contributed by atoms with E-state index < -0.39 is 0 Å². The van der Waals surface area contributed by atoms with Crippen molar-refractivity contribution in [2.24, 2.45) is 0 Å². The highest BCUT2D eigenvalue weighted by Gasteiger charge is 2.39. The first-order chi connectivity index (χ1) is 16.1. The first-order valence-electron chi connectivity index (χ1n) is 11.4. The van der Waals surface area contributed by atoms with Crippen molar-refractivity contribution in [3.8, 4) is 28.3 Å².